The quantitative estimate of drug-likeness (QED) is 0.758. The molecule has 90 valence electrons. The molecular weight excluding hydrogens is 224 g/mol. The Labute approximate surface area is 102 Å². The Bertz CT molecular complexity index is 347. The van der Waals surface area contributed by atoms with Crippen molar-refractivity contribution in [3.8, 4) is 0 Å². The molecule has 1 fully saturated rings. The second-order valence-corrected chi connectivity index (χ2v) is 4.90. The number of aromatic nitrogens is 1. The van der Waals surface area contributed by atoms with Crippen molar-refractivity contribution in [3.63, 3.8) is 0 Å². The third-order valence-electron chi connectivity index (χ3n) is 3.89. The normalized spacial score (nSPS) is 19.3. The van der Waals surface area contributed by atoms with Crippen LogP contribution in [0.4, 0.5) is 6.01 Å². The van der Waals surface area contributed by atoms with E-state index in [1.807, 2.05) is 0 Å². The summed E-state index contributed by atoms with van der Waals surface area (Å²) in [5.41, 5.74) is 1.28. The third kappa shape index (κ3) is 2.05. The van der Waals surface area contributed by atoms with Crippen LogP contribution in [0.25, 0.3) is 0 Å². The van der Waals surface area contributed by atoms with Crippen molar-refractivity contribution in [1.29, 1.82) is 0 Å². The van der Waals surface area contributed by atoms with Gasteiger partial charge in [0.1, 0.15) is 6.26 Å². The Balaban J connectivity index is 2.08. The lowest BCUT2D eigenvalue weighted by Crippen LogP contribution is -2.26. The molecule has 1 aliphatic heterocycles. The molecule has 2 heterocycles. The zero-order chi connectivity index (χ0) is 11.6. The number of rotatable bonds is 4. The number of hydrogen-bond donors (Lipinski definition) is 0. The first-order chi connectivity index (χ1) is 7.73. The highest BCUT2D eigenvalue weighted by atomic mass is 35.5. The number of anilines is 1. The lowest BCUT2D eigenvalue weighted by Gasteiger charge is -2.25. The van der Waals surface area contributed by atoms with E-state index in [2.05, 4.69) is 23.7 Å². The summed E-state index contributed by atoms with van der Waals surface area (Å²) >= 11 is 5.72. The summed E-state index contributed by atoms with van der Waals surface area (Å²) in [7, 11) is 0. The van der Waals surface area contributed by atoms with Crippen molar-refractivity contribution in [2.24, 2.45) is 5.41 Å². The van der Waals surface area contributed by atoms with Crippen LogP contribution in [0.3, 0.4) is 0 Å². The number of halogens is 1. The fourth-order valence-corrected chi connectivity index (χ4v) is 2.55. The van der Waals surface area contributed by atoms with E-state index in [0.717, 1.165) is 24.8 Å². The Morgan fingerprint density at radius 1 is 1.50 bits per heavy atom. The van der Waals surface area contributed by atoms with Crippen LogP contribution >= 0.6 is 11.6 Å². The van der Waals surface area contributed by atoms with Gasteiger partial charge in [0, 0.05) is 13.1 Å². The molecule has 16 heavy (non-hydrogen) atoms. The fourth-order valence-electron chi connectivity index (χ4n) is 2.43. The number of oxazole rings is 1. The molecule has 3 nitrogen and oxygen atoms in total. The van der Waals surface area contributed by atoms with E-state index in [4.69, 9.17) is 16.0 Å². The van der Waals surface area contributed by atoms with Crippen molar-refractivity contribution < 1.29 is 4.42 Å². The molecule has 0 N–H and O–H groups in total. The van der Waals surface area contributed by atoms with Crippen molar-refractivity contribution in [2.75, 3.05) is 18.0 Å². The molecule has 4 heteroatoms. The maximum Gasteiger partial charge on any atom is 0.297 e. The Morgan fingerprint density at radius 2 is 2.25 bits per heavy atom. The van der Waals surface area contributed by atoms with Gasteiger partial charge in [0.15, 0.2) is 0 Å². The molecule has 2 rings (SSSR count). The van der Waals surface area contributed by atoms with E-state index in [1.54, 1.807) is 6.26 Å². The molecule has 1 aromatic heterocycles. The van der Waals surface area contributed by atoms with Gasteiger partial charge in [-0.05, 0) is 24.7 Å². The van der Waals surface area contributed by atoms with E-state index in [1.165, 1.54) is 19.3 Å². The van der Waals surface area contributed by atoms with Gasteiger partial charge < -0.3 is 9.32 Å². The first-order valence-electron chi connectivity index (χ1n) is 5.98. The van der Waals surface area contributed by atoms with Gasteiger partial charge in [-0.1, -0.05) is 13.8 Å². The summed E-state index contributed by atoms with van der Waals surface area (Å²) in [5.74, 6) is 0.421. The van der Waals surface area contributed by atoms with Crippen molar-refractivity contribution in [2.45, 2.75) is 39.0 Å². The zero-order valence-corrected chi connectivity index (χ0v) is 10.8. The lowest BCUT2D eigenvalue weighted by molar-refractivity contribution is 0.300. The van der Waals surface area contributed by atoms with Gasteiger partial charge >= 0.3 is 0 Å². The summed E-state index contributed by atoms with van der Waals surface area (Å²) in [6.45, 7) is 6.64. The largest absolute Gasteiger partial charge is 0.432 e. The van der Waals surface area contributed by atoms with Crippen LogP contribution in [-0.4, -0.2) is 18.1 Å². The maximum atomic E-state index is 5.72. The molecule has 0 saturated carbocycles. The van der Waals surface area contributed by atoms with Crippen molar-refractivity contribution in [1.82, 2.24) is 4.98 Å². The van der Waals surface area contributed by atoms with Gasteiger partial charge in [0.2, 0.25) is 0 Å². The average Bonchev–Trinajstić information content (AvgIpc) is 2.96. The molecule has 1 aliphatic rings. The second kappa shape index (κ2) is 4.66. The molecule has 0 aromatic carbocycles. The molecule has 1 saturated heterocycles. The zero-order valence-electron chi connectivity index (χ0n) is 10.0. The van der Waals surface area contributed by atoms with Gasteiger partial charge in [-0.3, -0.25) is 0 Å². The highest BCUT2D eigenvalue weighted by Gasteiger charge is 2.36. The molecule has 0 amide bonds. The second-order valence-electron chi connectivity index (χ2n) is 4.63. The van der Waals surface area contributed by atoms with Crippen LogP contribution in [0.15, 0.2) is 10.7 Å². The summed E-state index contributed by atoms with van der Waals surface area (Å²) in [6, 6.07) is 0.736. The van der Waals surface area contributed by atoms with Gasteiger partial charge in [-0.25, -0.2) is 0 Å². The predicted octanol–water partition coefficient (Wildman–Crippen LogP) is 3.43. The topological polar surface area (TPSA) is 29.3 Å². The average molecular weight is 243 g/mol. The molecule has 0 spiro atoms. The molecule has 1 aromatic rings. The highest BCUT2D eigenvalue weighted by molar-refractivity contribution is 6.16. The van der Waals surface area contributed by atoms with Gasteiger partial charge in [-0.2, -0.15) is 4.98 Å². The lowest BCUT2D eigenvalue weighted by atomic mass is 9.82. The minimum atomic E-state index is 0.421. The number of nitrogens with zero attached hydrogens (tertiary/aromatic N) is 2. The summed E-state index contributed by atoms with van der Waals surface area (Å²) < 4.78 is 5.45. The maximum absolute atomic E-state index is 5.72. The monoisotopic (exact) mass is 242 g/mol. The molecule has 0 bridgehead atoms. The van der Waals surface area contributed by atoms with Crippen LogP contribution in [0.5, 0.6) is 0 Å². The Hall–Kier alpha value is -0.700. The fraction of sp³-hybridized carbons (Fsp3) is 0.750. The van der Waals surface area contributed by atoms with E-state index in [-0.39, 0.29) is 0 Å². The SMILES string of the molecule is CCC1(CC)CCN(c2nc(CCl)co2)C1. The van der Waals surface area contributed by atoms with Gasteiger partial charge in [0.25, 0.3) is 6.01 Å². The molecule has 0 radical (unpaired) electrons. The van der Waals surface area contributed by atoms with E-state index < -0.39 is 0 Å². The van der Waals surface area contributed by atoms with Crippen LogP contribution in [0.2, 0.25) is 0 Å². The predicted molar refractivity (Wildman–Crippen MR) is 65.9 cm³/mol. The number of alkyl halides is 1. The molecular formula is C12H19ClN2O. The molecule has 0 aliphatic carbocycles. The third-order valence-corrected chi connectivity index (χ3v) is 4.16. The van der Waals surface area contributed by atoms with Gasteiger partial charge in [0.05, 0.1) is 11.6 Å². The van der Waals surface area contributed by atoms with Crippen LogP contribution in [0, 0.1) is 5.41 Å². The van der Waals surface area contributed by atoms with Gasteiger partial charge in [-0.15, -0.1) is 11.6 Å². The molecule has 0 atom stereocenters. The highest BCUT2D eigenvalue weighted by Crippen LogP contribution is 2.38. The van der Waals surface area contributed by atoms with E-state index in [9.17, 15) is 0 Å². The van der Waals surface area contributed by atoms with Crippen molar-refractivity contribution >= 4 is 17.6 Å². The minimum absolute atomic E-state index is 0.421. The Morgan fingerprint density at radius 3 is 2.75 bits per heavy atom. The first kappa shape index (κ1) is 11.8. The van der Waals surface area contributed by atoms with Crippen LogP contribution in [0.1, 0.15) is 38.8 Å². The smallest absolute Gasteiger partial charge is 0.297 e. The first-order valence-corrected chi connectivity index (χ1v) is 6.52. The van der Waals surface area contributed by atoms with E-state index >= 15 is 0 Å². The van der Waals surface area contributed by atoms with Crippen LogP contribution in [-0.2, 0) is 5.88 Å². The number of hydrogen-bond acceptors (Lipinski definition) is 3. The molecule has 0 unspecified atom stereocenters. The minimum Gasteiger partial charge on any atom is -0.432 e. The summed E-state index contributed by atoms with van der Waals surface area (Å²) in [5, 5.41) is 0. The summed E-state index contributed by atoms with van der Waals surface area (Å²) in [4.78, 5) is 6.61. The summed E-state index contributed by atoms with van der Waals surface area (Å²) in [6.07, 6.45) is 5.34. The Kier molecular flexibility index (Phi) is 3.43. The van der Waals surface area contributed by atoms with E-state index in [0.29, 0.717) is 11.3 Å². The standard InChI is InChI=1S/C12H19ClN2O/c1-3-12(4-2)5-6-15(9-12)11-14-10(7-13)8-16-11/h8H,3-7,9H2,1-2H3. The van der Waals surface area contributed by atoms with Crippen molar-refractivity contribution in [3.05, 3.63) is 12.0 Å². The van der Waals surface area contributed by atoms with Crippen LogP contribution < -0.4 is 4.90 Å².